The molecule has 0 spiro atoms. The summed E-state index contributed by atoms with van der Waals surface area (Å²) in [6.45, 7) is 15.0. The predicted octanol–water partition coefficient (Wildman–Crippen LogP) is 7.36. The topological polar surface area (TPSA) is 39.3 Å². The van der Waals surface area contributed by atoms with Crippen LogP contribution in [0.4, 0.5) is 0 Å². The minimum atomic E-state index is 0.422. The molecule has 3 aromatic rings. The first kappa shape index (κ1) is 31.4. The summed E-state index contributed by atoms with van der Waals surface area (Å²) in [6, 6.07) is 34.6. The van der Waals surface area contributed by atoms with Crippen LogP contribution in [0.15, 0.2) is 91.0 Å². The van der Waals surface area contributed by atoms with Gasteiger partial charge in [-0.05, 0) is 74.8 Å². The van der Waals surface area contributed by atoms with E-state index in [9.17, 15) is 0 Å². The third-order valence-electron chi connectivity index (χ3n) is 9.25. The normalized spacial score (nSPS) is 24.6. The quantitative estimate of drug-likeness (QED) is 0.245. The monoisotopic (exact) mass is 554 g/mol. The number of nitrogens with zero attached hydrogens (tertiary/aromatic N) is 1. The van der Waals surface area contributed by atoms with E-state index in [2.05, 4.69) is 140 Å². The summed E-state index contributed by atoms with van der Waals surface area (Å²) in [6.07, 6.45) is 4.98. The van der Waals surface area contributed by atoms with Gasteiger partial charge in [0, 0.05) is 37.3 Å². The molecule has 4 nitrogen and oxygen atoms in total. The molecule has 6 atom stereocenters. The predicted molar refractivity (Wildman–Crippen MR) is 175 cm³/mol. The molecule has 2 saturated heterocycles. The summed E-state index contributed by atoms with van der Waals surface area (Å²) in [5, 5.41) is 11.2. The van der Waals surface area contributed by atoms with Crippen molar-refractivity contribution in [3.63, 3.8) is 0 Å². The van der Waals surface area contributed by atoms with Gasteiger partial charge < -0.3 is 16.0 Å². The molecule has 3 aromatic carbocycles. The van der Waals surface area contributed by atoms with Crippen LogP contribution >= 0.6 is 0 Å². The number of hydrogen-bond donors (Lipinski definition) is 3. The van der Waals surface area contributed by atoms with Crippen molar-refractivity contribution in [2.45, 2.75) is 84.1 Å². The van der Waals surface area contributed by atoms with Crippen molar-refractivity contribution < 1.29 is 0 Å². The van der Waals surface area contributed by atoms with Crippen molar-refractivity contribution in [1.29, 1.82) is 0 Å². The van der Waals surface area contributed by atoms with E-state index in [0.29, 0.717) is 24.2 Å². The molecule has 0 unspecified atom stereocenters. The van der Waals surface area contributed by atoms with Gasteiger partial charge in [-0.25, -0.2) is 0 Å². The molecular formula is C37H54N4. The Balaban J connectivity index is 0.000000201. The largest absolute Gasteiger partial charge is 0.316 e. The van der Waals surface area contributed by atoms with Gasteiger partial charge in [-0.2, -0.15) is 0 Å². The molecule has 0 aromatic heterocycles. The maximum atomic E-state index is 3.89. The molecule has 0 amide bonds. The SMILES string of the molecule is CC[C@@H]1CN(Cc2ccccc2)CC[C@H]1N[C@@H](C)c1ccccc1.CC[C@@H]1CNCC[C@H]1N[C@@H](C)c1ccccc1. The minimum absolute atomic E-state index is 0.422. The van der Waals surface area contributed by atoms with Crippen LogP contribution in [0, 0.1) is 11.8 Å². The van der Waals surface area contributed by atoms with Crippen LogP contribution in [0.5, 0.6) is 0 Å². The molecule has 0 aliphatic carbocycles. The van der Waals surface area contributed by atoms with E-state index in [0.717, 1.165) is 31.5 Å². The zero-order valence-electron chi connectivity index (χ0n) is 25.9. The van der Waals surface area contributed by atoms with E-state index >= 15 is 0 Å². The molecule has 222 valence electrons. The minimum Gasteiger partial charge on any atom is -0.316 e. The summed E-state index contributed by atoms with van der Waals surface area (Å²) in [4.78, 5) is 2.62. The van der Waals surface area contributed by atoms with Crippen molar-refractivity contribution >= 4 is 0 Å². The summed E-state index contributed by atoms with van der Waals surface area (Å²) in [5.74, 6) is 1.50. The van der Waals surface area contributed by atoms with Crippen molar-refractivity contribution in [3.8, 4) is 0 Å². The number of likely N-dealkylation sites (tertiary alicyclic amines) is 1. The molecule has 3 N–H and O–H groups in total. The average Bonchev–Trinajstić information content (AvgIpc) is 3.03. The molecular weight excluding hydrogens is 500 g/mol. The molecule has 0 radical (unpaired) electrons. The maximum absolute atomic E-state index is 3.89. The van der Waals surface area contributed by atoms with E-state index in [1.165, 1.54) is 55.5 Å². The molecule has 2 aliphatic rings. The van der Waals surface area contributed by atoms with E-state index in [-0.39, 0.29) is 0 Å². The Bertz CT molecular complexity index is 1090. The zero-order chi connectivity index (χ0) is 28.9. The fourth-order valence-corrected chi connectivity index (χ4v) is 6.62. The first-order valence-corrected chi connectivity index (χ1v) is 16.2. The standard InChI is InChI=1S/C22H30N2.C15H24N2/c1-3-20-17-24(16-19-10-6-4-7-11-19)15-14-22(20)23-18(2)21-12-8-5-9-13-21;1-3-13-11-16-10-9-15(13)17-12(2)14-7-5-4-6-8-14/h4-13,18,20,22-23H,3,14-17H2,1-2H3;4-8,12-13,15-17H,3,9-11H2,1-2H3/t18-,20+,22+;12-,13+,15+/m00/s1. The number of piperidine rings is 2. The lowest BCUT2D eigenvalue weighted by Crippen LogP contribution is -2.49. The molecule has 0 bridgehead atoms. The van der Waals surface area contributed by atoms with Crippen LogP contribution in [0.3, 0.4) is 0 Å². The van der Waals surface area contributed by atoms with Crippen LogP contribution in [0.2, 0.25) is 0 Å². The highest BCUT2D eigenvalue weighted by atomic mass is 15.2. The summed E-state index contributed by atoms with van der Waals surface area (Å²) in [7, 11) is 0. The Morgan fingerprint density at radius 1 is 0.707 bits per heavy atom. The third-order valence-corrected chi connectivity index (χ3v) is 9.25. The van der Waals surface area contributed by atoms with Crippen molar-refractivity contribution in [2.24, 2.45) is 11.8 Å². The number of benzene rings is 3. The maximum Gasteiger partial charge on any atom is 0.0294 e. The Morgan fingerprint density at radius 3 is 1.76 bits per heavy atom. The van der Waals surface area contributed by atoms with Crippen molar-refractivity contribution in [1.82, 2.24) is 20.9 Å². The second-order valence-corrected chi connectivity index (χ2v) is 12.1. The molecule has 4 heteroatoms. The highest BCUT2D eigenvalue weighted by Crippen LogP contribution is 2.25. The second-order valence-electron chi connectivity index (χ2n) is 12.1. The highest BCUT2D eigenvalue weighted by Gasteiger charge is 2.29. The lowest BCUT2D eigenvalue weighted by molar-refractivity contribution is 0.123. The van der Waals surface area contributed by atoms with E-state index in [4.69, 9.17) is 0 Å². The third kappa shape index (κ3) is 9.78. The van der Waals surface area contributed by atoms with Gasteiger partial charge in [0.2, 0.25) is 0 Å². The van der Waals surface area contributed by atoms with Gasteiger partial charge in [0.15, 0.2) is 0 Å². The van der Waals surface area contributed by atoms with E-state index < -0.39 is 0 Å². The Hall–Kier alpha value is -2.50. The second kappa shape index (κ2) is 16.8. The Kier molecular flexibility index (Phi) is 12.9. The van der Waals surface area contributed by atoms with Crippen LogP contribution < -0.4 is 16.0 Å². The Labute approximate surface area is 250 Å². The smallest absolute Gasteiger partial charge is 0.0294 e. The Morgan fingerprint density at radius 2 is 1.22 bits per heavy atom. The van der Waals surface area contributed by atoms with Gasteiger partial charge in [0.25, 0.3) is 0 Å². The highest BCUT2D eigenvalue weighted by molar-refractivity contribution is 5.19. The number of rotatable bonds is 10. The van der Waals surface area contributed by atoms with Crippen LogP contribution in [0.1, 0.15) is 82.2 Å². The zero-order valence-corrected chi connectivity index (χ0v) is 25.9. The fourth-order valence-electron chi connectivity index (χ4n) is 6.62. The molecule has 2 aliphatic heterocycles. The van der Waals surface area contributed by atoms with Gasteiger partial charge in [-0.1, -0.05) is 118 Å². The van der Waals surface area contributed by atoms with Gasteiger partial charge in [0.05, 0.1) is 0 Å². The van der Waals surface area contributed by atoms with Crippen LogP contribution in [0.25, 0.3) is 0 Å². The number of nitrogens with one attached hydrogen (secondary N) is 3. The first-order chi connectivity index (χ1) is 20.1. The van der Waals surface area contributed by atoms with E-state index in [1.807, 2.05) is 0 Å². The molecule has 0 saturated carbocycles. The number of hydrogen-bond acceptors (Lipinski definition) is 4. The first-order valence-electron chi connectivity index (χ1n) is 16.2. The van der Waals surface area contributed by atoms with E-state index in [1.54, 1.807) is 0 Å². The molecule has 41 heavy (non-hydrogen) atoms. The molecule has 5 rings (SSSR count). The van der Waals surface area contributed by atoms with Gasteiger partial charge in [0.1, 0.15) is 0 Å². The van der Waals surface area contributed by atoms with Crippen LogP contribution in [-0.4, -0.2) is 43.2 Å². The van der Waals surface area contributed by atoms with Gasteiger partial charge in [-0.15, -0.1) is 0 Å². The summed E-state index contributed by atoms with van der Waals surface area (Å²) in [5.41, 5.74) is 4.20. The van der Waals surface area contributed by atoms with Crippen molar-refractivity contribution in [2.75, 3.05) is 26.2 Å². The van der Waals surface area contributed by atoms with Crippen LogP contribution in [-0.2, 0) is 6.54 Å². The lowest BCUT2D eigenvalue weighted by atomic mass is 9.88. The lowest BCUT2D eigenvalue weighted by Gasteiger charge is -2.40. The fraction of sp³-hybridized carbons (Fsp3) is 0.514. The van der Waals surface area contributed by atoms with Gasteiger partial charge in [-0.3, -0.25) is 4.90 Å². The average molecular weight is 555 g/mol. The van der Waals surface area contributed by atoms with Crippen molar-refractivity contribution in [3.05, 3.63) is 108 Å². The molecule has 2 heterocycles. The molecule has 2 fully saturated rings. The summed E-state index contributed by atoms with van der Waals surface area (Å²) < 4.78 is 0. The van der Waals surface area contributed by atoms with Gasteiger partial charge >= 0.3 is 0 Å². The summed E-state index contributed by atoms with van der Waals surface area (Å²) >= 11 is 0.